The molecule has 1 atom stereocenters. The zero-order valence-electron chi connectivity index (χ0n) is 12.9. The number of aromatic nitrogens is 1. The number of nitrogens with zero attached hydrogens (tertiary/aromatic N) is 2. The lowest BCUT2D eigenvalue weighted by Crippen LogP contribution is -2.64. The van der Waals surface area contributed by atoms with Gasteiger partial charge in [0.2, 0.25) is 0 Å². The van der Waals surface area contributed by atoms with Gasteiger partial charge in [0.05, 0.1) is 0 Å². The van der Waals surface area contributed by atoms with Crippen LogP contribution < -0.4 is 5.32 Å². The predicted molar refractivity (Wildman–Crippen MR) is 82.7 cm³/mol. The fourth-order valence-electron chi connectivity index (χ4n) is 3.92. The molecule has 110 valence electrons. The first kappa shape index (κ1) is 14.0. The van der Waals surface area contributed by atoms with E-state index in [0.29, 0.717) is 11.6 Å². The van der Waals surface area contributed by atoms with Gasteiger partial charge in [0.1, 0.15) is 0 Å². The highest BCUT2D eigenvalue weighted by molar-refractivity contribution is 5.17. The second kappa shape index (κ2) is 5.82. The van der Waals surface area contributed by atoms with E-state index in [4.69, 9.17) is 0 Å². The standard InChI is InChI=1S/C17H27N3/c1-14-8-16(10-18-9-14)12-20-11-15(2)19-13-17(20)6-4-3-5-7-17/h8-10,15,19H,3-7,11-13H2,1-2H3. The molecule has 0 amide bonds. The van der Waals surface area contributed by atoms with Crippen molar-refractivity contribution in [2.24, 2.45) is 0 Å². The smallest absolute Gasteiger partial charge is 0.0338 e. The molecule has 3 rings (SSSR count). The Balaban J connectivity index is 1.79. The maximum atomic E-state index is 4.36. The van der Waals surface area contributed by atoms with E-state index in [2.05, 4.69) is 35.1 Å². The maximum absolute atomic E-state index is 4.36. The molecule has 1 aliphatic carbocycles. The van der Waals surface area contributed by atoms with Gasteiger partial charge in [-0.15, -0.1) is 0 Å². The van der Waals surface area contributed by atoms with Gasteiger partial charge in [-0.3, -0.25) is 9.88 Å². The molecule has 1 spiro atoms. The number of rotatable bonds is 2. The molecular weight excluding hydrogens is 246 g/mol. The molecule has 0 bridgehead atoms. The molecule has 0 radical (unpaired) electrons. The Kier molecular flexibility index (Phi) is 4.08. The molecule has 1 aromatic heterocycles. The number of hydrogen-bond donors (Lipinski definition) is 1. The molecule has 1 saturated carbocycles. The van der Waals surface area contributed by atoms with Crippen molar-refractivity contribution < 1.29 is 0 Å². The van der Waals surface area contributed by atoms with Crippen LogP contribution in [0, 0.1) is 6.92 Å². The minimum Gasteiger partial charge on any atom is -0.311 e. The van der Waals surface area contributed by atoms with E-state index in [9.17, 15) is 0 Å². The van der Waals surface area contributed by atoms with E-state index in [1.807, 2.05) is 12.4 Å². The van der Waals surface area contributed by atoms with Crippen molar-refractivity contribution in [1.82, 2.24) is 15.2 Å². The molecule has 1 aromatic rings. The Morgan fingerprint density at radius 3 is 2.85 bits per heavy atom. The summed E-state index contributed by atoms with van der Waals surface area (Å²) in [6.07, 6.45) is 10.9. The maximum Gasteiger partial charge on any atom is 0.0338 e. The van der Waals surface area contributed by atoms with Gasteiger partial charge < -0.3 is 5.32 Å². The largest absolute Gasteiger partial charge is 0.311 e. The average molecular weight is 273 g/mol. The summed E-state index contributed by atoms with van der Waals surface area (Å²) in [5.74, 6) is 0. The normalized spacial score (nSPS) is 26.8. The zero-order chi connectivity index (χ0) is 14.0. The Labute approximate surface area is 122 Å². The topological polar surface area (TPSA) is 28.2 Å². The quantitative estimate of drug-likeness (QED) is 0.898. The molecule has 2 heterocycles. The van der Waals surface area contributed by atoms with Crippen LogP contribution in [0.3, 0.4) is 0 Å². The van der Waals surface area contributed by atoms with Crippen LogP contribution in [0.1, 0.15) is 50.2 Å². The van der Waals surface area contributed by atoms with Crippen molar-refractivity contribution >= 4 is 0 Å². The van der Waals surface area contributed by atoms with E-state index >= 15 is 0 Å². The zero-order valence-corrected chi connectivity index (χ0v) is 12.9. The van der Waals surface area contributed by atoms with Crippen LogP contribution in [0.15, 0.2) is 18.5 Å². The van der Waals surface area contributed by atoms with Crippen LogP contribution in [0.2, 0.25) is 0 Å². The fourth-order valence-corrected chi connectivity index (χ4v) is 3.92. The molecule has 20 heavy (non-hydrogen) atoms. The first-order valence-electron chi connectivity index (χ1n) is 8.07. The molecule has 2 aliphatic rings. The van der Waals surface area contributed by atoms with Gasteiger partial charge in [0, 0.05) is 43.6 Å². The van der Waals surface area contributed by atoms with Crippen molar-refractivity contribution in [2.45, 2.75) is 64.1 Å². The monoisotopic (exact) mass is 273 g/mol. The highest BCUT2D eigenvalue weighted by Crippen LogP contribution is 2.36. The van der Waals surface area contributed by atoms with Gasteiger partial charge in [0.25, 0.3) is 0 Å². The highest BCUT2D eigenvalue weighted by atomic mass is 15.3. The highest BCUT2D eigenvalue weighted by Gasteiger charge is 2.41. The molecule has 1 N–H and O–H groups in total. The van der Waals surface area contributed by atoms with Crippen LogP contribution in [0.5, 0.6) is 0 Å². The second-order valence-corrected chi connectivity index (χ2v) is 6.82. The summed E-state index contributed by atoms with van der Waals surface area (Å²) in [5.41, 5.74) is 3.03. The lowest BCUT2D eigenvalue weighted by Gasteiger charge is -2.51. The van der Waals surface area contributed by atoms with E-state index in [1.165, 1.54) is 43.2 Å². The lowest BCUT2D eigenvalue weighted by molar-refractivity contribution is 0.00610. The molecule has 0 aromatic carbocycles. The summed E-state index contributed by atoms with van der Waals surface area (Å²) >= 11 is 0. The average Bonchev–Trinajstić information content (AvgIpc) is 2.45. The SMILES string of the molecule is Cc1cncc(CN2CC(C)NCC23CCCCC3)c1. The van der Waals surface area contributed by atoms with Gasteiger partial charge in [0.15, 0.2) is 0 Å². The van der Waals surface area contributed by atoms with Crippen molar-refractivity contribution in [1.29, 1.82) is 0 Å². The third-order valence-electron chi connectivity index (χ3n) is 5.03. The summed E-state index contributed by atoms with van der Waals surface area (Å²) in [4.78, 5) is 7.10. The Morgan fingerprint density at radius 2 is 2.10 bits per heavy atom. The number of piperazine rings is 1. The lowest BCUT2D eigenvalue weighted by atomic mass is 9.78. The predicted octanol–water partition coefficient (Wildman–Crippen LogP) is 2.89. The molecule has 1 saturated heterocycles. The number of pyridine rings is 1. The summed E-state index contributed by atoms with van der Waals surface area (Å²) in [6, 6.07) is 2.89. The van der Waals surface area contributed by atoms with Gasteiger partial charge in [-0.2, -0.15) is 0 Å². The first-order valence-corrected chi connectivity index (χ1v) is 8.07. The summed E-state index contributed by atoms with van der Waals surface area (Å²) < 4.78 is 0. The van der Waals surface area contributed by atoms with E-state index in [-0.39, 0.29) is 0 Å². The van der Waals surface area contributed by atoms with Gasteiger partial charge >= 0.3 is 0 Å². The van der Waals surface area contributed by atoms with Crippen LogP contribution in [0.25, 0.3) is 0 Å². The van der Waals surface area contributed by atoms with E-state index in [0.717, 1.165) is 19.6 Å². The van der Waals surface area contributed by atoms with Gasteiger partial charge in [-0.05, 0) is 37.8 Å². The van der Waals surface area contributed by atoms with Gasteiger partial charge in [-0.25, -0.2) is 0 Å². The van der Waals surface area contributed by atoms with Crippen LogP contribution in [-0.4, -0.2) is 34.6 Å². The van der Waals surface area contributed by atoms with Crippen molar-refractivity contribution in [3.8, 4) is 0 Å². The number of aryl methyl sites for hydroxylation is 1. The molecule has 1 unspecified atom stereocenters. The minimum atomic E-state index is 0.397. The second-order valence-electron chi connectivity index (χ2n) is 6.82. The molecule has 1 aliphatic heterocycles. The molecular formula is C17H27N3. The van der Waals surface area contributed by atoms with Crippen LogP contribution in [0.4, 0.5) is 0 Å². The Morgan fingerprint density at radius 1 is 1.30 bits per heavy atom. The first-order chi connectivity index (χ1) is 9.68. The minimum absolute atomic E-state index is 0.397. The Bertz CT molecular complexity index is 451. The molecule has 2 fully saturated rings. The number of nitrogens with one attached hydrogen (secondary N) is 1. The van der Waals surface area contributed by atoms with Crippen molar-refractivity contribution in [2.75, 3.05) is 13.1 Å². The third-order valence-corrected chi connectivity index (χ3v) is 5.03. The summed E-state index contributed by atoms with van der Waals surface area (Å²) in [7, 11) is 0. The van der Waals surface area contributed by atoms with E-state index < -0.39 is 0 Å². The Hall–Kier alpha value is -0.930. The van der Waals surface area contributed by atoms with E-state index in [1.54, 1.807) is 0 Å². The number of hydrogen-bond acceptors (Lipinski definition) is 3. The van der Waals surface area contributed by atoms with Gasteiger partial charge in [-0.1, -0.05) is 25.3 Å². The van der Waals surface area contributed by atoms with Crippen molar-refractivity contribution in [3.05, 3.63) is 29.6 Å². The van der Waals surface area contributed by atoms with Crippen molar-refractivity contribution in [3.63, 3.8) is 0 Å². The summed E-state index contributed by atoms with van der Waals surface area (Å²) in [6.45, 7) is 7.81. The summed E-state index contributed by atoms with van der Waals surface area (Å²) in [5, 5.41) is 3.71. The van der Waals surface area contributed by atoms with Crippen LogP contribution in [-0.2, 0) is 6.54 Å². The third kappa shape index (κ3) is 2.89. The molecule has 3 heteroatoms. The molecule has 3 nitrogen and oxygen atoms in total. The fraction of sp³-hybridized carbons (Fsp3) is 0.706. The van der Waals surface area contributed by atoms with Crippen LogP contribution >= 0.6 is 0 Å².